The van der Waals surface area contributed by atoms with Gasteiger partial charge >= 0.3 is 5.97 Å². The van der Waals surface area contributed by atoms with Crippen LogP contribution >= 0.6 is 0 Å². The van der Waals surface area contributed by atoms with Gasteiger partial charge in [0, 0.05) is 6.42 Å². The van der Waals surface area contributed by atoms with Crippen LogP contribution in [0.5, 0.6) is 0 Å². The van der Waals surface area contributed by atoms with Crippen molar-refractivity contribution in [1.82, 2.24) is 5.32 Å². The van der Waals surface area contributed by atoms with Crippen molar-refractivity contribution in [3.8, 4) is 0 Å². The Morgan fingerprint density at radius 3 is 2.30 bits per heavy atom. The zero-order chi connectivity index (χ0) is 16.9. The maximum Gasteiger partial charge on any atom is 0.325 e. The van der Waals surface area contributed by atoms with Crippen molar-refractivity contribution in [3.63, 3.8) is 0 Å². The molecular formula is C17H29N3O3. The van der Waals surface area contributed by atoms with Gasteiger partial charge in [-0.25, -0.2) is 0 Å². The first kappa shape index (κ1) is 17.9. The van der Waals surface area contributed by atoms with Gasteiger partial charge < -0.3 is 15.8 Å². The summed E-state index contributed by atoms with van der Waals surface area (Å²) in [5, 5.41) is 2.90. The molecule has 130 valence electrons. The lowest BCUT2D eigenvalue weighted by molar-refractivity contribution is -0.146. The van der Waals surface area contributed by atoms with Gasteiger partial charge in [-0.1, -0.05) is 32.6 Å². The van der Waals surface area contributed by atoms with E-state index in [0.717, 1.165) is 70.0 Å². The molecule has 2 aliphatic carbocycles. The molecule has 0 saturated heterocycles. The number of amidine groups is 1. The summed E-state index contributed by atoms with van der Waals surface area (Å²) in [5.41, 5.74) is 4.74. The SMILES string of the molecule is CCCC1=NC2(CCCC2)C(=O)N1.COC(=O)C1(N)CCCC1. The minimum absolute atomic E-state index is 0.147. The quantitative estimate of drug-likeness (QED) is 0.777. The molecule has 2 fully saturated rings. The Bertz CT molecular complexity index is 475. The normalized spacial score (nSPS) is 24.0. The number of methoxy groups -OCH3 is 1. The fourth-order valence-electron chi connectivity index (χ4n) is 3.65. The molecule has 1 aliphatic heterocycles. The molecule has 23 heavy (non-hydrogen) atoms. The number of hydrogen-bond acceptors (Lipinski definition) is 5. The van der Waals surface area contributed by atoms with E-state index in [1.807, 2.05) is 0 Å². The molecule has 3 aliphatic rings. The molecule has 3 N–H and O–H groups in total. The first-order chi connectivity index (χ1) is 11.0. The monoisotopic (exact) mass is 323 g/mol. The average molecular weight is 323 g/mol. The Morgan fingerprint density at radius 1 is 1.22 bits per heavy atom. The van der Waals surface area contributed by atoms with Crippen molar-refractivity contribution in [2.45, 2.75) is 82.2 Å². The minimum atomic E-state index is -0.658. The summed E-state index contributed by atoms with van der Waals surface area (Å²) in [6.45, 7) is 2.11. The van der Waals surface area contributed by atoms with Crippen molar-refractivity contribution < 1.29 is 14.3 Å². The molecule has 6 heteroatoms. The molecule has 0 unspecified atom stereocenters. The fourth-order valence-corrected chi connectivity index (χ4v) is 3.65. The number of nitrogens with zero attached hydrogens (tertiary/aromatic N) is 1. The number of nitrogens with two attached hydrogens (primary N) is 1. The Labute approximate surface area is 138 Å². The topological polar surface area (TPSA) is 93.8 Å². The van der Waals surface area contributed by atoms with Crippen molar-refractivity contribution >= 4 is 17.7 Å². The van der Waals surface area contributed by atoms with Gasteiger partial charge in [0.1, 0.15) is 16.9 Å². The zero-order valence-corrected chi connectivity index (χ0v) is 14.3. The fraction of sp³-hybridized carbons (Fsp3) is 0.824. The zero-order valence-electron chi connectivity index (χ0n) is 14.3. The van der Waals surface area contributed by atoms with Crippen LogP contribution in [-0.4, -0.2) is 35.9 Å². The van der Waals surface area contributed by atoms with E-state index in [4.69, 9.17) is 5.73 Å². The predicted molar refractivity (Wildman–Crippen MR) is 89.1 cm³/mol. The third kappa shape index (κ3) is 3.91. The van der Waals surface area contributed by atoms with Crippen LogP contribution in [0.25, 0.3) is 0 Å². The van der Waals surface area contributed by atoms with E-state index in [2.05, 4.69) is 22.0 Å². The molecule has 1 amide bonds. The molecule has 0 aromatic heterocycles. The lowest BCUT2D eigenvalue weighted by atomic mass is 9.99. The number of rotatable bonds is 3. The summed E-state index contributed by atoms with van der Waals surface area (Å²) >= 11 is 0. The largest absolute Gasteiger partial charge is 0.468 e. The van der Waals surface area contributed by atoms with E-state index in [9.17, 15) is 9.59 Å². The van der Waals surface area contributed by atoms with Crippen LogP contribution in [0.1, 0.15) is 71.1 Å². The van der Waals surface area contributed by atoms with Crippen molar-refractivity contribution in [2.75, 3.05) is 7.11 Å². The highest BCUT2D eigenvalue weighted by molar-refractivity contribution is 6.08. The van der Waals surface area contributed by atoms with Gasteiger partial charge in [0.25, 0.3) is 5.91 Å². The Hall–Kier alpha value is -1.43. The third-order valence-corrected chi connectivity index (χ3v) is 5.03. The lowest BCUT2D eigenvalue weighted by Gasteiger charge is -2.18. The number of carbonyl (C=O) groups is 2. The Balaban J connectivity index is 0.000000174. The van der Waals surface area contributed by atoms with Crippen LogP contribution in [0, 0.1) is 0 Å². The molecule has 1 heterocycles. The Kier molecular flexibility index (Phi) is 5.79. The number of amides is 1. The number of esters is 1. The van der Waals surface area contributed by atoms with Gasteiger partial charge in [-0.2, -0.15) is 0 Å². The molecule has 0 bridgehead atoms. The average Bonchev–Trinajstić information content (AvgIpc) is 3.24. The number of carbonyl (C=O) groups excluding carboxylic acids is 2. The van der Waals surface area contributed by atoms with Gasteiger partial charge in [-0.05, 0) is 32.1 Å². The van der Waals surface area contributed by atoms with Gasteiger partial charge in [0.15, 0.2) is 0 Å². The maximum absolute atomic E-state index is 11.7. The summed E-state index contributed by atoms with van der Waals surface area (Å²) in [7, 11) is 1.38. The van der Waals surface area contributed by atoms with E-state index in [-0.39, 0.29) is 17.4 Å². The second kappa shape index (κ2) is 7.43. The van der Waals surface area contributed by atoms with Crippen LogP contribution in [-0.2, 0) is 14.3 Å². The third-order valence-electron chi connectivity index (χ3n) is 5.03. The van der Waals surface area contributed by atoms with Crippen LogP contribution in [0.2, 0.25) is 0 Å². The first-order valence-electron chi connectivity index (χ1n) is 8.73. The van der Waals surface area contributed by atoms with Crippen LogP contribution in [0.15, 0.2) is 4.99 Å². The molecule has 6 nitrogen and oxygen atoms in total. The second-order valence-corrected chi connectivity index (χ2v) is 6.86. The van der Waals surface area contributed by atoms with Gasteiger partial charge in [-0.3, -0.25) is 14.6 Å². The molecular weight excluding hydrogens is 294 g/mol. The maximum atomic E-state index is 11.7. The van der Waals surface area contributed by atoms with E-state index in [1.165, 1.54) is 7.11 Å². The minimum Gasteiger partial charge on any atom is -0.468 e. The summed E-state index contributed by atoms with van der Waals surface area (Å²) < 4.78 is 4.57. The van der Waals surface area contributed by atoms with Gasteiger partial charge in [0.2, 0.25) is 0 Å². The molecule has 0 radical (unpaired) electrons. The van der Waals surface area contributed by atoms with E-state index < -0.39 is 5.54 Å². The number of hydrogen-bond donors (Lipinski definition) is 2. The smallest absolute Gasteiger partial charge is 0.325 e. The molecule has 3 rings (SSSR count). The molecule has 0 atom stereocenters. The lowest BCUT2D eigenvalue weighted by Crippen LogP contribution is -2.45. The van der Waals surface area contributed by atoms with Crippen LogP contribution in [0.4, 0.5) is 0 Å². The molecule has 0 aromatic carbocycles. The Morgan fingerprint density at radius 2 is 1.78 bits per heavy atom. The summed E-state index contributed by atoms with van der Waals surface area (Å²) in [5.74, 6) is 0.799. The van der Waals surface area contributed by atoms with Crippen molar-refractivity contribution in [3.05, 3.63) is 0 Å². The van der Waals surface area contributed by atoms with Gasteiger partial charge in [-0.15, -0.1) is 0 Å². The highest BCUT2D eigenvalue weighted by Gasteiger charge is 2.45. The van der Waals surface area contributed by atoms with Crippen LogP contribution < -0.4 is 11.1 Å². The number of ether oxygens (including phenoxy) is 1. The van der Waals surface area contributed by atoms with Gasteiger partial charge in [0.05, 0.1) is 7.11 Å². The molecule has 1 spiro atoms. The highest BCUT2D eigenvalue weighted by atomic mass is 16.5. The van der Waals surface area contributed by atoms with Crippen molar-refractivity contribution in [1.29, 1.82) is 0 Å². The van der Waals surface area contributed by atoms with E-state index in [1.54, 1.807) is 0 Å². The van der Waals surface area contributed by atoms with E-state index >= 15 is 0 Å². The summed E-state index contributed by atoms with van der Waals surface area (Å²) in [6, 6.07) is 0. The van der Waals surface area contributed by atoms with Crippen molar-refractivity contribution in [2.24, 2.45) is 10.7 Å². The standard InChI is InChI=1S/C10H16N2O.C7H13NO2/c1-2-5-8-11-9(13)10(12-8)6-3-4-7-10;1-10-6(9)7(8)4-2-3-5-7/h2-7H2,1H3,(H,11,12,13);2-5,8H2,1H3. The van der Waals surface area contributed by atoms with E-state index in [0.29, 0.717) is 0 Å². The van der Waals surface area contributed by atoms with Crippen LogP contribution in [0.3, 0.4) is 0 Å². The summed E-state index contributed by atoms with van der Waals surface area (Å²) in [6.07, 6.45) is 9.81. The second-order valence-electron chi connectivity index (χ2n) is 6.86. The highest BCUT2D eigenvalue weighted by Crippen LogP contribution is 2.36. The number of aliphatic imine (C=N–C) groups is 1. The predicted octanol–water partition coefficient (Wildman–Crippen LogP) is 2.06. The first-order valence-corrected chi connectivity index (χ1v) is 8.73. The summed E-state index contributed by atoms with van der Waals surface area (Å²) in [4.78, 5) is 27.2. The molecule has 2 saturated carbocycles. The number of nitrogens with one attached hydrogen (secondary N) is 1. The molecule has 0 aromatic rings.